The Bertz CT molecular complexity index is 218. The van der Waals surface area contributed by atoms with Gasteiger partial charge in [0, 0.05) is 12.0 Å². The highest BCUT2D eigenvalue weighted by Crippen LogP contribution is 2.20. The van der Waals surface area contributed by atoms with Crippen molar-refractivity contribution in [3.05, 3.63) is 11.6 Å². The molecule has 1 atom stereocenters. The summed E-state index contributed by atoms with van der Waals surface area (Å²) < 4.78 is 0. The Kier molecular flexibility index (Phi) is 4.88. The molecule has 0 amide bonds. The number of hydrogen-bond acceptors (Lipinski definition) is 2. The molecule has 0 saturated heterocycles. The van der Waals surface area contributed by atoms with Crippen LogP contribution in [-0.2, 0) is 4.79 Å². The number of rotatable bonds is 6. The van der Waals surface area contributed by atoms with Crippen molar-refractivity contribution >= 4 is 5.78 Å². The van der Waals surface area contributed by atoms with Gasteiger partial charge in [0.1, 0.15) is 0 Å². The van der Waals surface area contributed by atoms with E-state index in [0.29, 0.717) is 12.0 Å². The zero-order chi connectivity index (χ0) is 10.4. The standard InChI is InChI=1S/C12H20O2/c1-2-3-4-5-8-11(13)10-7-6-9-12(10)14/h7,11,13H,2-6,8-9H2,1H3/t11-/m1/s1. The van der Waals surface area contributed by atoms with E-state index in [9.17, 15) is 9.90 Å². The maximum atomic E-state index is 11.3. The smallest absolute Gasteiger partial charge is 0.161 e. The van der Waals surface area contributed by atoms with Crippen LogP contribution in [0.4, 0.5) is 0 Å². The minimum absolute atomic E-state index is 0.146. The second-order valence-electron chi connectivity index (χ2n) is 3.99. The number of ketones is 1. The molecule has 0 aliphatic heterocycles. The summed E-state index contributed by atoms with van der Waals surface area (Å²) >= 11 is 0. The SMILES string of the molecule is CCCCCC[C@@H](O)C1=CCCC1=O. The second-order valence-corrected chi connectivity index (χ2v) is 3.99. The number of carbonyl (C=O) groups is 1. The highest BCUT2D eigenvalue weighted by atomic mass is 16.3. The summed E-state index contributed by atoms with van der Waals surface area (Å²) in [5, 5.41) is 9.73. The first-order valence-electron chi connectivity index (χ1n) is 5.67. The first-order valence-corrected chi connectivity index (χ1v) is 5.67. The number of aliphatic hydroxyl groups is 1. The van der Waals surface area contributed by atoms with E-state index in [1.54, 1.807) is 0 Å². The van der Waals surface area contributed by atoms with Crippen LogP contribution in [0.3, 0.4) is 0 Å². The number of unbranched alkanes of at least 4 members (excludes halogenated alkanes) is 3. The molecule has 0 aromatic carbocycles. The van der Waals surface area contributed by atoms with Crippen LogP contribution in [0.1, 0.15) is 51.9 Å². The van der Waals surface area contributed by atoms with Crippen LogP contribution in [0.5, 0.6) is 0 Å². The third-order valence-corrected chi connectivity index (χ3v) is 2.75. The summed E-state index contributed by atoms with van der Waals surface area (Å²) in [6.45, 7) is 2.17. The van der Waals surface area contributed by atoms with Crippen molar-refractivity contribution in [1.29, 1.82) is 0 Å². The lowest BCUT2D eigenvalue weighted by molar-refractivity contribution is -0.115. The van der Waals surface area contributed by atoms with Gasteiger partial charge < -0.3 is 5.11 Å². The van der Waals surface area contributed by atoms with Crippen molar-refractivity contribution < 1.29 is 9.90 Å². The molecule has 1 N–H and O–H groups in total. The van der Waals surface area contributed by atoms with E-state index < -0.39 is 6.10 Å². The van der Waals surface area contributed by atoms with E-state index in [1.165, 1.54) is 12.8 Å². The topological polar surface area (TPSA) is 37.3 Å². The Labute approximate surface area is 86.0 Å². The predicted molar refractivity (Wildman–Crippen MR) is 57.1 cm³/mol. The molecule has 0 radical (unpaired) electrons. The molecule has 0 fully saturated rings. The predicted octanol–water partition coefficient (Wildman–Crippen LogP) is 2.61. The zero-order valence-corrected chi connectivity index (χ0v) is 8.96. The van der Waals surface area contributed by atoms with E-state index in [1.807, 2.05) is 6.08 Å². The van der Waals surface area contributed by atoms with Gasteiger partial charge in [0.15, 0.2) is 5.78 Å². The first-order chi connectivity index (χ1) is 6.75. The summed E-state index contributed by atoms with van der Waals surface area (Å²) in [6, 6.07) is 0. The molecule has 0 saturated carbocycles. The molecule has 0 spiro atoms. The third-order valence-electron chi connectivity index (χ3n) is 2.75. The van der Waals surface area contributed by atoms with E-state index in [4.69, 9.17) is 0 Å². The van der Waals surface area contributed by atoms with E-state index in [2.05, 4.69) is 6.92 Å². The average molecular weight is 196 g/mol. The summed E-state index contributed by atoms with van der Waals surface area (Å²) in [6.07, 6.45) is 8.18. The number of hydrogen-bond donors (Lipinski definition) is 1. The van der Waals surface area contributed by atoms with Crippen molar-refractivity contribution in [2.75, 3.05) is 0 Å². The van der Waals surface area contributed by atoms with Gasteiger partial charge in [-0.2, -0.15) is 0 Å². The van der Waals surface area contributed by atoms with E-state index >= 15 is 0 Å². The van der Waals surface area contributed by atoms with Gasteiger partial charge >= 0.3 is 0 Å². The number of carbonyl (C=O) groups excluding carboxylic acids is 1. The molecule has 0 bridgehead atoms. The van der Waals surface area contributed by atoms with Crippen LogP contribution in [-0.4, -0.2) is 17.0 Å². The van der Waals surface area contributed by atoms with Crippen LogP contribution in [0, 0.1) is 0 Å². The van der Waals surface area contributed by atoms with Crippen LogP contribution >= 0.6 is 0 Å². The van der Waals surface area contributed by atoms with E-state index in [-0.39, 0.29) is 5.78 Å². The molecule has 0 aromatic rings. The van der Waals surface area contributed by atoms with Crippen LogP contribution in [0.25, 0.3) is 0 Å². The maximum Gasteiger partial charge on any atom is 0.161 e. The number of Topliss-reactive ketones (excluding diaryl/α,β-unsaturated/α-hetero) is 1. The minimum Gasteiger partial charge on any atom is -0.388 e. The van der Waals surface area contributed by atoms with Crippen LogP contribution in [0.2, 0.25) is 0 Å². The summed E-state index contributed by atoms with van der Waals surface area (Å²) in [4.78, 5) is 11.3. The molecule has 0 unspecified atom stereocenters. The second kappa shape index (κ2) is 5.97. The highest BCUT2D eigenvalue weighted by Gasteiger charge is 2.21. The summed E-state index contributed by atoms with van der Waals surface area (Å²) in [7, 11) is 0. The molecular formula is C12H20O2. The fourth-order valence-corrected chi connectivity index (χ4v) is 1.86. The van der Waals surface area contributed by atoms with Gasteiger partial charge in [0.05, 0.1) is 6.10 Å². The van der Waals surface area contributed by atoms with Gasteiger partial charge in [-0.05, 0) is 12.8 Å². The number of allylic oxidation sites excluding steroid dienone is 1. The van der Waals surface area contributed by atoms with Crippen molar-refractivity contribution in [3.63, 3.8) is 0 Å². The van der Waals surface area contributed by atoms with E-state index in [0.717, 1.165) is 25.7 Å². The minimum atomic E-state index is -0.498. The molecule has 0 heterocycles. The van der Waals surface area contributed by atoms with Crippen molar-refractivity contribution in [2.45, 2.75) is 58.0 Å². The maximum absolute atomic E-state index is 11.3. The summed E-state index contributed by atoms with van der Waals surface area (Å²) in [5.41, 5.74) is 0.668. The van der Waals surface area contributed by atoms with Crippen LogP contribution < -0.4 is 0 Å². The van der Waals surface area contributed by atoms with Gasteiger partial charge in [-0.1, -0.05) is 38.7 Å². The van der Waals surface area contributed by atoms with Crippen LogP contribution in [0.15, 0.2) is 11.6 Å². The van der Waals surface area contributed by atoms with Gasteiger partial charge in [-0.3, -0.25) is 4.79 Å². The Hall–Kier alpha value is -0.630. The largest absolute Gasteiger partial charge is 0.388 e. The monoisotopic (exact) mass is 196 g/mol. The van der Waals surface area contributed by atoms with Gasteiger partial charge in [0.2, 0.25) is 0 Å². The Morgan fingerprint density at radius 3 is 2.79 bits per heavy atom. The molecule has 1 aliphatic carbocycles. The molecule has 1 rings (SSSR count). The lowest BCUT2D eigenvalue weighted by atomic mass is 10.0. The van der Waals surface area contributed by atoms with Crippen molar-refractivity contribution in [2.24, 2.45) is 0 Å². The normalized spacial score (nSPS) is 18.4. The Morgan fingerprint density at radius 2 is 2.21 bits per heavy atom. The van der Waals surface area contributed by atoms with Gasteiger partial charge in [0.25, 0.3) is 0 Å². The zero-order valence-electron chi connectivity index (χ0n) is 8.96. The third kappa shape index (κ3) is 3.26. The molecule has 80 valence electrons. The molecule has 2 nitrogen and oxygen atoms in total. The Morgan fingerprint density at radius 1 is 1.43 bits per heavy atom. The fourth-order valence-electron chi connectivity index (χ4n) is 1.86. The Balaban J connectivity index is 2.21. The lowest BCUT2D eigenvalue weighted by Gasteiger charge is -2.10. The lowest BCUT2D eigenvalue weighted by Crippen LogP contribution is -2.14. The molecular weight excluding hydrogens is 176 g/mol. The fraction of sp³-hybridized carbons (Fsp3) is 0.750. The van der Waals surface area contributed by atoms with Crippen molar-refractivity contribution in [1.82, 2.24) is 0 Å². The highest BCUT2D eigenvalue weighted by molar-refractivity contribution is 5.98. The first kappa shape index (κ1) is 11.4. The molecule has 1 aliphatic rings. The van der Waals surface area contributed by atoms with Crippen molar-refractivity contribution in [3.8, 4) is 0 Å². The quantitative estimate of drug-likeness (QED) is 0.663. The van der Waals surface area contributed by atoms with Gasteiger partial charge in [-0.15, -0.1) is 0 Å². The average Bonchev–Trinajstić information content (AvgIpc) is 2.59. The summed E-state index contributed by atoms with van der Waals surface area (Å²) in [5.74, 6) is 0.146. The number of aliphatic hydroxyl groups excluding tert-OH is 1. The molecule has 14 heavy (non-hydrogen) atoms. The van der Waals surface area contributed by atoms with Gasteiger partial charge in [-0.25, -0.2) is 0 Å². The molecule has 0 aromatic heterocycles. The molecule has 2 heteroatoms.